The average molecular weight is 449 g/mol. The number of thiazole rings is 1. The maximum absolute atomic E-state index is 13.0. The predicted octanol–water partition coefficient (Wildman–Crippen LogP) is 2.90. The van der Waals surface area contributed by atoms with Crippen LogP contribution in [-0.2, 0) is 26.9 Å². The van der Waals surface area contributed by atoms with Gasteiger partial charge in [0, 0.05) is 25.1 Å². The normalized spacial score (nSPS) is 12.3. The van der Waals surface area contributed by atoms with Crippen LogP contribution in [0.4, 0.5) is 5.13 Å². The van der Waals surface area contributed by atoms with E-state index in [9.17, 15) is 16.8 Å². The zero-order chi connectivity index (χ0) is 20.8. The molecule has 0 radical (unpaired) electrons. The lowest BCUT2D eigenvalue weighted by atomic mass is 10.2. The van der Waals surface area contributed by atoms with Gasteiger partial charge in [-0.3, -0.25) is 9.40 Å². The largest absolute Gasteiger partial charge is 0.274 e. The van der Waals surface area contributed by atoms with E-state index in [1.54, 1.807) is 37.4 Å². The molecule has 0 saturated carbocycles. The Morgan fingerprint density at radius 1 is 1.03 bits per heavy atom. The van der Waals surface area contributed by atoms with E-state index >= 15 is 0 Å². The zero-order valence-electron chi connectivity index (χ0n) is 15.4. The SMILES string of the molecule is Cn1cc(S(=O)(=O)Nc2nc3ccc(S(C)(=O)=O)cc3s2)c(-c2ccccc2)n1. The molecule has 11 heteroatoms. The van der Waals surface area contributed by atoms with Crippen molar-refractivity contribution in [2.75, 3.05) is 11.0 Å². The van der Waals surface area contributed by atoms with Gasteiger partial charge in [0.05, 0.1) is 15.1 Å². The molecule has 0 unspecified atom stereocenters. The summed E-state index contributed by atoms with van der Waals surface area (Å²) in [6.07, 6.45) is 2.55. The Morgan fingerprint density at radius 3 is 2.45 bits per heavy atom. The Labute approximate surface area is 171 Å². The molecule has 4 rings (SSSR count). The average Bonchev–Trinajstić information content (AvgIpc) is 3.23. The number of aryl methyl sites for hydroxylation is 1. The highest BCUT2D eigenvalue weighted by Crippen LogP contribution is 2.31. The summed E-state index contributed by atoms with van der Waals surface area (Å²) in [4.78, 5) is 4.45. The number of sulfone groups is 1. The summed E-state index contributed by atoms with van der Waals surface area (Å²) in [5, 5.41) is 4.43. The molecule has 0 spiro atoms. The number of aromatic nitrogens is 3. The van der Waals surface area contributed by atoms with Crippen LogP contribution in [0.2, 0.25) is 0 Å². The lowest BCUT2D eigenvalue weighted by Gasteiger charge is -2.05. The maximum Gasteiger partial charge on any atom is 0.267 e. The highest BCUT2D eigenvalue weighted by molar-refractivity contribution is 7.93. The molecule has 0 aliphatic carbocycles. The molecule has 0 bridgehead atoms. The lowest BCUT2D eigenvalue weighted by Crippen LogP contribution is -2.13. The van der Waals surface area contributed by atoms with Crippen molar-refractivity contribution < 1.29 is 16.8 Å². The van der Waals surface area contributed by atoms with E-state index in [2.05, 4.69) is 14.8 Å². The second kappa shape index (κ2) is 6.94. The van der Waals surface area contributed by atoms with Gasteiger partial charge >= 0.3 is 0 Å². The molecule has 1 N–H and O–H groups in total. The number of anilines is 1. The molecule has 0 saturated heterocycles. The van der Waals surface area contributed by atoms with Gasteiger partial charge in [-0.05, 0) is 18.2 Å². The summed E-state index contributed by atoms with van der Waals surface area (Å²) in [5.41, 5.74) is 1.52. The second-order valence-electron chi connectivity index (χ2n) is 6.41. The Balaban J connectivity index is 1.73. The first-order valence-corrected chi connectivity index (χ1v) is 12.6. The third-order valence-corrected chi connectivity index (χ3v) is 7.65. The topological polar surface area (TPSA) is 111 Å². The molecule has 0 aliphatic rings. The molecule has 0 fully saturated rings. The van der Waals surface area contributed by atoms with E-state index in [1.807, 2.05) is 6.07 Å². The molecule has 0 amide bonds. The third-order valence-electron chi connectivity index (χ3n) is 4.14. The number of hydrogen-bond donors (Lipinski definition) is 1. The Morgan fingerprint density at radius 2 is 1.76 bits per heavy atom. The molecule has 4 aromatic rings. The van der Waals surface area contributed by atoms with Crippen molar-refractivity contribution in [2.24, 2.45) is 7.05 Å². The predicted molar refractivity (Wildman–Crippen MR) is 112 cm³/mol. The Hall–Kier alpha value is -2.76. The molecule has 2 heterocycles. The molecule has 29 heavy (non-hydrogen) atoms. The van der Waals surface area contributed by atoms with Gasteiger partial charge in [0.25, 0.3) is 10.0 Å². The zero-order valence-corrected chi connectivity index (χ0v) is 17.8. The van der Waals surface area contributed by atoms with Crippen LogP contribution in [0.1, 0.15) is 0 Å². The van der Waals surface area contributed by atoms with E-state index < -0.39 is 19.9 Å². The van der Waals surface area contributed by atoms with E-state index in [4.69, 9.17) is 0 Å². The molecule has 8 nitrogen and oxygen atoms in total. The molecule has 0 atom stereocenters. The minimum atomic E-state index is -3.96. The highest BCUT2D eigenvalue weighted by Gasteiger charge is 2.24. The minimum Gasteiger partial charge on any atom is -0.274 e. The number of fused-ring (bicyclic) bond motifs is 1. The van der Waals surface area contributed by atoms with Crippen molar-refractivity contribution in [1.82, 2.24) is 14.8 Å². The Kier molecular flexibility index (Phi) is 4.68. The first kappa shape index (κ1) is 19.6. The van der Waals surface area contributed by atoms with Crippen molar-refractivity contribution in [3.63, 3.8) is 0 Å². The van der Waals surface area contributed by atoms with Crippen LogP contribution in [-0.4, -0.2) is 37.9 Å². The third kappa shape index (κ3) is 3.88. The van der Waals surface area contributed by atoms with Crippen LogP contribution < -0.4 is 4.72 Å². The van der Waals surface area contributed by atoms with Gasteiger partial charge in [0.2, 0.25) is 0 Å². The molecule has 2 aromatic heterocycles. The van der Waals surface area contributed by atoms with Gasteiger partial charge in [-0.25, -0.2) is 21.8 Å². The van der Waals surface area contributed by atoms with E-state index in [0.29, 0.717) is 21.5 Å². The van der Waals surface area contributed by atoms with E-state index in [1.165, 1.54) is 23.0 Å². The monoisotopic (exact) mass is 448 g/mol. The fourth-order valence-corrected chi connectivity index (χ4v) is 5.87. The standard InChI is InChI=1S/C18H16N4O4S3/c1-22-11-16(17(20-22)12-6-4-3-5-7-12)29(25,26)21-18-19-14-9-8-13(28(2,23)24)10-15(14)27-18/h3-11H,1-2H3,(H,19,21). The lowest BCUT2D eigenvalue weighted by molar-refractivity contribution is 0.600. The molecule has 150 valence electrons. The van der Waals surface area contributed by atoms with Gasteiger partial charge in [0.1, 0.15) is 10.6 Å². The number of sulfonamides is 1. The van der Waals surface area contributed by atoms with Crippen molar-refractivity contribution in [3.05, 3.63) is 54.7 Å². The maximum atomic E-state index is 13.0. The Bertz CT molecular complexity index is 1420. The van der Waals surface area contributed by atoms with Crippen LogP contribution in [0, 0.1) is 0 Å². The summed E-state index contributed by atoms with van der Waals surface area (Å²) < 4.78 is 54.0. The van der Waals surface area contributed by atoms with Crippen molar-refractivity contribution in [3.8, 4) is 11.3 Å². The summed E-state index contributed by atoms with van der Waals surface area (Å²) in [7, 11) is -5.68. The van der Waals surface area contributed by atoms with Gasteiger partial charge in [-0.1, -0.05) is 41.7 Å². The first-order chi connectivity index (χ1) is 13.6. The first-order valence-electron chi connectivity index (χ1n) is 8.36. The van der Waals surface area contributed by atoms with Gasteiger partial charge in [0.15, 0.2) is 15.0 Å². The van der Waals surface area contributed by atoms with Gasteiger partial charge < -0.3 is 0 Å². The quantitative estimate of drug-likeness (QED) is 0.503. The van der Waals surface area contributed by atoms with Gasteiger partial charge in [-0.15, -0.1) is 0 Å². The van der Waals surface area contributed by atoms with Crippen LogP contribution in [0.15, 0.2) is 64.5 Å². The summed E-state index contributed by atoms with van der Waals surface area (Å²) >= 11 is 1.06. The van der Waals surface area contributed by atoms with Gasteiger partial charge in [-0.2, -0.15) is 5.10 Å². The van der Waals surface area contributed by atoms with E-state index in [0.717, 1.165) is 17.6 Å². The number of hydrogen-bond acceptors (Lipinski definition) is 7. The van der Waals surface area contributed by atoms with Crippen LogP contribution in [0.3, 0.4) is 0 Å². The highest BCUT2D eigenvalue weighted by atomic mass is 32.2. The number of benzene rings is 2. The number of nitrogens with zero attached hydrogens (tertiary/aromatic N) is 3. The van der Waals surface area contributed by atoms with Crippen molar-refractivity contribution in [1.29, 1.82) is 0 Å². The smallest absolute Gasteiger partial charge is 0.267 e. The molecular weight excluding hydrogens is 432 g/mol. The second-order valence-corrected chi connectivity index (χ2v) is 11.1. The van der Waals surface area contributed by atoms with E-state index in [-0.39, 0.29) is 14.9 Å². The van der Waals surface area contributed by atoms with Crippen LogP contribution in [0.5, 0.6) is 0 Å². The molecule has 0 aliphatic heterocycles. The van der Waals surface area contributed by atoms with Crippen LogP contribution in [0.25, 0.3) is 21.5 Å². The van der Waals surface area contributed by atoms with Crippen molar-refractivity contribution in [2.45, 2.75) is 9.79 Å². The molecule has 2 aromatic carbocycles. The number of rotatable bonds is 5. The molecular formula is C18H16N4O4S3. The van der Waals surface area contributed by atoms with Crippen molar-refractivity contribution >= 4 is 46.5 Å². The summed E-state index contributed by atoms with van der Waals surface area (Å²) in [6, 6.07) is 13.5. The summed E-state index contributed by atoms with van der Waals surface area (Å²) in [5.74, 6) is 0. The summed E-state index contributed by atoms with van der Waals surface area (Å²) in [6.45, 7) is 0. The van der Waals surface area contributed by atoms with Crippen LogP contribution >= 0.6 is 11.3 Å². The number of nitrogens with one attached hydrogen (secondary N) is 1. The fourth-order valence-electron chi connectivity index (χ4n) is 2.81. The minimum absolute atomic E-state index is 0.0299. The fraction of sp³-hybridized carbons (Fsp3) is 0.111.